The van der Waals surface area contributed by atoms with E-state index in [1.165, 1.54) is 29.8 Å². The van der Waals surface area contributed by atoms with Gasteiger partial charge in [0.1, 0.15) is 30.4 Å². The van der Waals surface area contributed by atoms with Crippen LogP contribution in [-0.4, -0.2) is 26.6 Å². The Morgan fingerprint density at radius 3 is 1.89 bits per heavy atom. The zero-order valence-corrected chi connectivity index (χ0v) is 23.2. The molecule has 3 aromatic rings. The van der Waals surface area contributed by atoms with Gasteiger partial charge in [-0.05, 0) is 71.3 Å². The summed E-state index contributed by atoms with van der Waals surface area (Å²) in [5.74, 6) is 1.30. The predicted molar refractivity (Wildman–Crippen MR) is 149 cm³/mol. The van der Waals surface area contributed by atoms with Crippen LogP contribution in [0.3, 0.4) is 0 Å². The van der Waals surface area contributed by atoms with Gasteiger partial charge in [-0.2, -0.15) is 0 Å². The lowest BCUT2D eigenvalue weighted by Gasteiger charge is -2.33. The van der Waals surface area contributed by atoms with Gasteiger partial charge in [-0.25, -0.2) is 8.42 Å². The minimum Gasteiger partial charge on any atom is -0.490 e. The molecule has 0 spiro atoms. The highest BCUT2D eigenvalue weighted by molar-refractivity contribution is 7.92. The van der Waals surface area contributed by atoms with Crippen molar-refractivity contribution in [1.82, 2.24) is 0 Å². The fourth-order valence-electron chi connectivity index (χ4n) is 4.43. The zero-order chi connectivity index (χ0) is 28.1. The van der Waals surface area contributed by atoms with Gasteiger partial charge in [-0.15, -0.1) is 0 Å². The first-order valence-corrected chi connectivity index (χ1v) is 13.7. The van der Waals surface area contributed by atoms with Crippen LogP contribution in [-0.2, 0) is 15.4 Å². The van der Waals surface area contributed by atoms with E-state index in [9.17, 15) is 18.5 Å². The summed E-state index contributed by atoms with van der Waals surface area (Å²) in [5, 5.41) is 11.1. The van der Waals surface area contributed by atoms with Crippen molar-refractivity contribution in [2.24, 2.45) is 5.41 Å². The van der Waals surface area contributed by atoms with Crippen molar-refractivity contribution in [3.63, 3.8) is 0 Å². The lowest BCUT2D eigenvalue weighted by Crippen LogP contribution is -2.24. The van der Waals surface area contributed by atoms with Crippen LogP contribution in [0.1, 0.15) is 46.6 Å². The Kier molecular flexibility index (Phi) is 8.56. The quantitative estimate of drug-likeness (QED) is 0.129. The lowest BCUT2D eigenvalue weighted by atomic mass is 9.72. The summed E-state index contributed by atoms with van der Waals surface area (Å²) < 4.78 is 39.1. The smallest absolute Gasteiger partial charge is 0.293 e. The molecule has 0 aliphatic carbocycles. The predicted octanol–water partition coefficient (Wildman–Crippen LogP) is 6.15. The molecule has 204 valence electrons. The maximum absolute atomic E-state index is 12.6. The number of sulfonamides is 1. The van der Waals surface area contributed by atoms with Crippen LogP contribution in [0, 0.1) is 15.5 Å². The van der Waals surface area contributed by atoms with Gasteiger partial charge in [0.25, 0.3) is 15.7 Å². The molecule has 0 amide bonds. The third-order valence-corrected chi connectivity index (χ3v) is 7.22. The molecule has 3 N–H and O–H groups in total. The summed E-state index contributed by atoms with van der Waals surface area (Å²) in [6, 6.07) is 17.8. The molecule has 0 saturated carbocycles. The maximum atomic E-state index is 12.6. The maximum Gasteiger partial charge on any atom is 0.293 e. The minimum atomic E-state index is -4.04. The normalized spacial score (nSPS) is 12.1. The number of rotatable bonds is 11. The van der Waals surface area contributed by atoms with Gasteiger partial charge in [0.15, 0.2) is 0 Å². The van der Waals surface area contributed by atoms with Gasteiger partial charge in [-0.3, -0.25) is 14.8 Å². The number of nitrogen functional groups attached to an aromatic ring is 1. The number of nitrogens with zero attached hydrogens (tertiary/aromatic N) is 1. The molecule has 0 aliphatic rings. The second-order valence-electron chi connectivity index (χ2n) is 11.0. The third-order valence-electron chi connectivity index (χ3n) is 5.84. The van der Waals surface area contributed by atoms with E-state index in [2.05, 4.69) is 51.5 Å². The summed E-state index contributed by atoms with van der Waals surface area (Å²) in [6.45, 7) is 11.9. The van der Waals surface area contributed by atoms with E-state index in [1.807, 2.05) is 12.1 Å². The van der Waals surface area contributed by atoms with Crippen LogP contribution in [0.4, 0.5) is 17.1 Å². The number of benzene rings is 3. The first kappa shape index (κ1) is 28.8. The van der Waals surface area contributed by atoms with Crippen molar-refractivity contribution in [1.29, 1.82) is 0 Å². The number of nitrogens with one attached hydrogen (secondary N) is 1. The Hall–Kier alpha value is -3.79. The van der Waals surface area contributed by atoms with Crippen LogP contribution in [0.15, 0.2) is 71.6 Å². The molecule has 9 nitrogen and oxygen atoms in total. The van der Waals surface area contributed by atoms with E-state index in [-0.39, 0.29) is 27.1 Å². The highest BCUT2D eigenvalue weighted by atomic mass is 32.2. The van der Waals surface area contributed by atoms with Gasteiger partial charge < -0.3 is 15.2 Å². The average Bonchev–Trinajstić information content (AvgIpc) is 2.81. The Labute approximate surface area is 224 Å². The molecule has 0 unspecified atom stereocenters. The van der Waals surface area contributed by atoms with E-state index in [0.717, 1.165) is 18.2 Å². The van der Waals surface area contributed by atoms with Crippen LogP contribution in [0.5, 0.6) is 11.5 Å². The topological polar surface area (TPSA) is 134 Å². The number of nitro groups is 1. The summed E-state index contributed by atoms with van der Waals surface area (Å²) in [5.41, 5.74) is 6.80. The first-order valence-electron chi connectivity index (χ1n) is 12.2. The monoisotopic (exact) mass is 541 g/mol. The van der Waals surface area contributed by atoms with E-state index in [4.69, 9.17) is 15.2 Å². The second-order valence-corrected chi connectivity index (χ2v) is 12.6. The van der Waals surface area contributed by atoms with Crippen molar-refractivity contribution in [3.05, 3.63) is 82.4 Å². The van der Waals surface area contributed by atoms with Crippen molar-refractivity contribution >= 4 is 27.1 Å². The molecule has 0 aliphatic heterocycles. The SMILES string of the molecule is CC(C)(C)CC(C)(C)c1ccc(OCCOc2ccc(NS(=O)(=O)c3ccc(N)c([N+](=O)[O-])c3)cc2)cc1. The van der Waals surface area contributed by atoms with Crippen molar-refractivity contribution in [3.8, 4) is 11.5 Å². The highest BCUT2D eigenvalue weighted by Crippen LogP contribution is 2.36. The number of hydrogen-bond donors (Lipinski definition) is 2. The summed E-state index contributed by atoms with van der Waals surface area (Å²) >= 11 is 0. The molecule has 0 heterocycles. The van der Waals surface area contributed by atoms with Crippen molar-refractivity contribution in [2.75, 3.05) is 23.7 Å². The van der Waals surface area contributed by atoms with Crippen LogP contribution in [0.2, 0.25) is 0 Å². The van der Waals surface area contributed by atoms with Gasteiger partial charge in [0.2, 0.25) is 0 Å². The molecule has 38 heavy (non-hydrogen) atoms. The third kappa shape index (κ3) is 7.85. The van der Waals surface area contributed by atoms with Crippen molar-refractivity contribution in [2.45, 2.75) is 51.3 Å². The number of nitro benzene ring substituents is 1. The summed E-state index contributed by atoms with van der Waals surface area (Å²) in [7, 11) is -4.04. The first-order chi connectivity index (χ1) is 17.7. The Balaban J connectivity index is 1.51. The molecular formula is C28H35N3O6S. The Morgan fingerprint density at radius 2 is 1.39 bits per heavy atom. The Morgan fingerprint density at radius 1 is 0.868 bits per heavy atom. The Bertz CT molecular complexity index is 1360. The van der Waals surface area contributed by atoms with Crippen LogP contribution in [0.25, 0.3) is 0 Å². The molecule has 0 bridgehead atoms. The zero-order valence-electron chi connectivity index (χ0n) is 22.4. The van der Waals surface area contributed by atoms with Gasteiger partial charge >= 0.3 is 0 Å². The molecule has 0 saturated heterocycles. The molecule has 0 radical (unpaired) electrons. The number of anilines is 2. The number of ether oxygens (including phenoxy) is 2. The van der Waals surface area contributed by atoms with E-state index in [0.29, 0.717) is 19.0 Å². The fraction of sp³-hybridized carbons (Fsp3) is 0.357. The highest BCUT2D eigenvalue weighted by Gasteiger charge is 2.27. The minimum absolute atomic E-state index is 0.0628. The van der Waals surface area contributed by atoms with E-state index >= 15 is 0 Å². The molecule has 0 aromatic heterocycles. The van der Waals surface area contributed by atoms with E-state index in [1.54, 1.807) is 12.1 Å². The molecule has 3 aromatic carbocycles. The van der Waals surface area contributed by atoms with Gasteiger partial charge in [0.05, 0.1) is 9.82 Å². The van der Waals surface area contributed by atoms with Crippen LogP contribution < -0.4 is 19.9 Å². The van der Waals surface area contributed by atoms with Gasteiger partial charge in [-0.1, -0.05) is 46.8 Å². The molecule has 10 heteroatoms. The van der Waals surface area contributed by atoms with E-state index < -0.39 is 20.6 Å². The average molecular weight is 542 g/mol. The van der Waals surface area contributed by atoms with Gasteiger partial charge in [0, 0.05) is 11.8 Å². The number of hydrogen-bond acceptors (Lipinski definition) is 7. The lowest BCUT2D eigenvalue weighted by molar-refractivity contribution is -0.384. The molecule has 0 atom stereocenters. The second kappa shape index (κ2) is 11.3. The molecular weight excluding hydrogens is 506 g/mol. The number of nitrogens with two attached hydrogens (primary N) is 1. The fourth-order valence-corrected chi connectivity index (χ4v) is 5.51. The van der Waals surface area contributed by atoms with Crippen molar-refractivity contribution < 1.29 is 22.8 Å². The van der Waals surface area contributed by atoms with Crippen LogP contribution >= 0.6 is 0 Å². The summed E-state index contributed by atoms with van der Waals surface area (Å²) in [6.07, 6.45) is 1.07. The largest absolute Gasteiger partial charge is 0.490 e. The standard InChI is InChI=1S/C28H35N3O6S/c1-27(2,3)19-28(4,5)20-6-10-22(11-7-20)36-16-17-37-23-12-8-21(9-13-23)30-38(34,35)24-14-15-25(29)26(18-24)31(32)33/h6-15,18,30H,16-17,19,29H2,1-5H3. The molecule has 3 rings (SSSR count). The molecule has 0 fully saturated rings. The summed E-state index contributed by atoms with van der Waals surface area (Å²) in [4.78, 5) is 10.1.